The van der Waals surface area contributed by atoms with Crippen molar-refractivity contribution in [2.45, 2.75) is 89.1 Å². The highest BCUT2D eigenvalue weighted by atomic mass is 32.1. The highest BCUT2D eigenvalue weighted by Crippen LogP contribution is 2.51. The molecule has 2 aromatic carbocycles. The smallest absolute Gasteiger partial charge is 0.274 e. The summed E-state index contributed by atoms with van der Waals surface area (Å²) in [6.07, 6.45) is 9.23. The molecule has 2 aliphatic carbocycles. The molecular formula is C43H47N7O6S. The summed E-state index contributed by atoms with van der Waals surface area (Å²) in [5, 5.41) is 9.98. The fourth-order valence-electron chi connectivity index (χ4n) is 9.79. The molecule has 2 saturated carbocycles. The van der Waals surface area contributed by atoms with Crippen LogP contribution in [0.3, 0.4) is 0 Å². The summed E-state index contributed by atoms with van der Waals surface area (Å²) in [5.41, 5.74) is 4.23. The van der Waals surface area contributed by atoms with E-state index in [2.05, 4.69) is 25.8 Å². The van der Waals surface area contributed by atoms with Gasteiger partial charge >= 0.3 is 0 Å². The molecule has 3 aliphatic heterocycles. The number of imide groups is 2. The molecule has 1 spiro atoms. The average Bonchev–Trinajstić information content (AvgIpc) is 3.72. The number of aryl methyl sites for hydroxylation is 1. The first kappa shape index (κ1) is 37.4. The quantitative estimate of drug-likeness (QED) is 0.164. The molecule has 1 atom stereocenters. The maximum absolute atomic E-state index is 13.5. The van der Waals surface area contributed by atoms with E-state index >= 15 is 0 Å². The molecule has 0 bridgehead atoms. The Bertz CT molecular complexity index is 2280. The lowest BCUT2D eigenvalue weighted by Crippen LogP contribution is -2.54. The van der Waals surface area contributed by atoms with Crippen molar-refractivity contribution in [3.8, 4) is 5.75 Å². The van der Waals surface area contributed by atoms with Crippen LogP contribution in [0.5, 0.6) is 5.75 Å². The third kappa shape index (κ3) is 7.18. The zero-order valence-corrected chi connectivity index (χ0v) is 33.1. The summed E-state index contributed by atoms with van der Waals surface area (Å²) in [6.45, 7) is 5.19. The largest absolute Gasteiger partial charge is 0.494 e. The van der Waals surface area contributed by atoms with Crippen LogP contribution in [0.15, 0.2) is 48.5 Å². The number of methoxy groups -OCH3 is 1. The molecule has 5 amide bonds. The predicted octanol–water partition coefficient (Wildman–Crippen LogP) is 6.29. The van der Waals surface area contributed by atoms with Crippen LogP contribution in [0.1, 0.15) is 112 Å². The van der Waals surface area contributed by atoms with Crippen LogP contribution in [-0.2, 0) is 9.59 Å². The van der Waals surface area contributed by atoms with Gasteiger partial charge in [0.15, 0.2) is 0 Å². The van der Waals surface area contributed by atoms with E-state index in [9.17, 15) is 24.0 Å². The Morgan fingerprint density at radius 1 is 0.947 bits per heavy atom. The van der Waals surface area contributed by atoms with Crippen LogP contribution in [0, 0.1) is 18.3 Å². The van der Waals surface area contributed by atoms with E-state index in [0.717, 1.165) is 84.0 Å². The predicted molar refractivity (Wildman–Crippen MR) is 216 cm³/mol. The zero-order valence-electron chi connectivity index (χ0n) is 32.3. The van der Waals surface area contributed by atoms with E-state index in [4.69, 9.17) is 9.72 Å². The maximum atomic E-state index is 13.5. The number of nitrogens with zero attached hydrogens (tertiary/aromatic N) is 4. The van der Waals surface area contributed by atoms with Gasteiger partial charge in [0.25, 0.3) is 17.7 Å². The number of piperidine rings is 2. The lowest BCUT2D eigenvalue weighted by atomic mass is 9.60. The Kier molecular flexibility index (Phi) is 9.80. The van der Waals surface area contributed by atoms with Crippen molar-refractivity contribution in [1.82, 2.24) is 25.1 Å². The second kappa shape index (κ2) is 14.9. The highest BCUT2D eigenvalue weighted by Gasteiger charge is 2.48. The first-order chi connectivity index (χ1) is 27.6. The van der Waals surface area contributed by atoms with Crippen LogP contribution in [-0.4, -0.2) is 88.1 Å². The fourth-order valence-corrected chi connectivity index (χ4v) is 10.9. The molecule has 1 unspecified atom stereocenters. The molecule has 296 valence electrons. The number of hydrogen-bond donors (Lipinski definition) is 3. The number of amides is 5. The number of carbonyl (C=O) groups is 5. The number of rotatable bonds is 9. The third-order valence-electron chi connectivity index (χ3n) is 12.9. The van der Waals surface area contributed by atoms with Gasteiger partial charge in [0.2, 0.25) is 11.8 Å². The van der Waals surface area contributed by atoms with Gasteiger partial charge in [-0.2, -0.15) is 0 Å². The number of anilines is 2. The van der Waals surface area contributed by atoms with Crippen molar-refractivity contribution in [2.75, 3.05) is 37.4 Å². The average molecular weight is 790 g/mol. The molecular weight excluding hydrogens is 743 g/mol. The summed E-state index contributed by atoms with van der Waals surface area (Å²) in [4.78, 5) is 77.0. The van der Waals surface area contributed by atoms with Gasteiger partial charge in [-0.1, -0.05) is 12.1 Å². The van der Waals surface area contributed by atoms with Crippen molar-refractivity contribution in [1.29, 1.82) is 0 Å². The van der Waals surface area contributed by atoms with Crippen molar-refractivity contribution < 1.29 is 28.7 Å². The molecule has 13 nitrogen and oxygen atoms in total. The minimum Gasteiger partial charge on any atom is -0.494 e. The molecule has 3 N–H and O–H groups in total. The summed E-state index contributed by atoms with van der Waals surface area (Å²) < 4.78 is 6.67. The second-order valence-corrected chi connectivity index (χ2v) is 17.7. The molecule has 57 heavy (non-hydrogen) atoms. The number of aromatic nitrogens is 2. The molecule has 2 aromatic heterocycles. The lowest BCUT2D eigenvalue weighted by molar-refractivity contribution is -0.136. The number of thiazole rings is 1. The normalized spacial score (nSPS) is 23.7. The van der Waals surface area contributed by atoms with Gasteiger partial charge in [0.05, 0.1) is 39.1 Å². The number of carbonyl (C=O) groups excluding carboxylic acids is 5. The van der Waals surface area contributed by atoms with Gasteiger partial charge < -0.3 is 20.3 Å². The number of likely N-dealkylation sites (tertiary alicyclic amines) is 1. The Morgan fingerprint density at radius 2 is 1.72 bits per heavy atom. The third-order valence-corrected chi connectivity index (χ3v) is 14.1. The van der Waals surface area contributed by atoms with E-state index in [1.807, 2.05) is 37.3 Å². The highest BCUT2D eigenvalue weighted by molar-refractivity contribution is 7.18. The number of fused-ring (bicyclic) bond motifs is 2. The minimum atomic E-state index is -0.973. The molecule has 0 radical (unpaired) electrons. The minimum absolute atomic E-state index is 0.0969. The lowest BCUT2D eigenvalue weighted by Gasteiger charge is -2.53. The van der Waals surface area contributed by atoms with E-state index in [0.29, 0.717) is 51.2 Å². The van der Waals surface area contributed by atoms with Crippen molar-refractivity contribution in [3.63, 3.8) is 0 Å². The summed E-state index contributed by atoms with van der Waals surface area (Å²) in [7, 11) is 1.60. The van der Waals surface area contributed by atoms with Crippen LogP contribution in [0.4, 0.5) is 11.4 Å². The number of nitrogens with one attached hydrogen (secondary N) is 3. The van der Waals surface area contributed by atoms with Crippen molar-refractivity contribution in [2.24, 2.45) is 11.3 Å². The SMILES string of the molecule is COc1cc2nc(C3CCC(CN4CCC5(CC4)CC(Nc4cccc6c4C(=O)N(C4CCC(=O)NC4=O)C6=O)C5)CC3)sc2cc1NC(=O)c1cccc(C)n1. The zero-order chi connectivity index (χ0) is 39.4. The van der Waals surface area contributed by atoms with Gasteiger partial charge in [-0.3, -0.25) is 34.2 Å². The van der Waals surface area contributed by atoms with E-state index < -0.39 is 23.8 Å². The Balaban J connectivity index is 0.750. The number of hydrogen-bond acceptors (Lipinski definition) is 11. The Hall–Kier alpha value is -5.21. The van der Waals surface area contributed by atoms with Gasteiger partial charge in [-0.15, -0.1) is 11.3 Å². The summed E-state index contributed by atoms with van der Waals surface area (Å²) in [6, 6.07) is 13.8. The Morgan fingerprint density at radius 3 is 2.46 bits per heavy atom. The van der Waals surface area contributed by atoms with Gasteiger partial charge in [0.1, 0.15) is 17.5 Å². The molecule has 5 aliphatic rings. The van der Waals surface area contributed by atoms with E-state index in [-0.39, 0.29) is 30.7 Å². The van der Waals surface area contributed by atoms with E-state index in [1.165, 1.54) is 12.8 Å². The number of pyridine rings is 1. The first-order valence-electron chi connectivity index (χ1n) is 20.1. The van der Waals surface area contributed by atoms with E-state index in [1.54, 1.807) is 36.6 Å². The van der Waals surface area contributed by atoms with Crippen molar-refractivity contribution in [3.05, 3.63) is 76.1 Å². The fraction of sp³-hybridized carbons (Fsp3) is 0.465. The van der Waals surface area contributed by atoms with Crippen molar-refractivity contribution >= 4 is 62.5 Å². The molecule has 5 heterocycles. The molecule has 2 saturated heterocycles. The van der Waals surface area contributed by atoms with Gasteiger partial charge in [-0.25, -0.2) is 9.97 Å². The standard InChI is InChI=1S/C43H47N7O6S/c1-24-5-3-8-30(44-24)38(52)46-31-20-35-32(19-34(31)56-2)47-40(57-35)26-11-9-25(10-12-26)23-49-17-15-43(16-18-49)21-27(22-43)45-29-7-4-6-28-37(29)42(55)50(41(28)54)33-13-14-36(51)48-39(33)53/h3-8,19-20,25-27,33,45H,9-18,21-23H2,1-2H3,(H,46,52)(H,48,51,53). The van der Waals surface area contributed by atoms with Crippen LogP contribution in [0.2, 0.25) is 0 Å². The van der Waals surface area contributed by atoms with Gasteiger partial charge in [-0.05, 0) is 119 Å². The molecule has 9 rings (SSSR count). The topological polar surface area (TPSA) is 163 Å². The maximum Gasteiger partial charge on any atom is 0.274 e. The Labute approximate surface area is 334 Å². The number of benzene rings is 2. The van der Waals surface area contributed by atoms with Crippen LogP contribution >= 0.6 is 11.3 Å². The molecule has 14 heteroatoms. The van der Waals surface area contributed by atoms with Gasteiger partial charge in [0, 0.05) is 42.4 Å². The first-order valence-corrected chi connectivity index (χ1v) is 20.9. The van der Waals surface area contributed by atoms with Crippen LogP contribution in [0.25, 0.3) is 10.2 Å². The summed E-state index contributed by atoms with van der Waals surface area (Å²) >= 11 is 1.71. The van der Waals surface area contributed by atoms with Crippen LogP contribution < -0.4 is 20.7 Å². The second-order valence-electron chi connectivity index (χ2n) is 16.6. The monoisotopic (exact) mass is 789 g/mol. The number of ether oxygens (including phenoxy) is 1. The summed E-state index contributed by atoms with van der Waals surface area (Å²) in [5.74, 6) is -0.522. The molecule has 4 aromatic rings. The molecule has 4 fully saturated rings.